The molecule has 0 aliphatic rings. The lowest BCUT2D eigenvalue weighted by molar-refractivity contribution is 1.05. The highest BCUT2D eigenvalue weighted by atomic mass is 15.1. The molecular formula is C14H11N7. The number of benzene rings is 1. The smallest absolute Gasteiger partial charge is 0.146 e. The van der Waals surface area contributed by atoms with Gasteiger partial charge < -0.3 is 5.73 Å². The van der Waals surface area contributed by atoms with Crippen LogP contribution in [0.3, 0.4) is 0 Å². The van der Waals surface area contributed by atoms with E-state index < -0.39 is 0 Å². The zero-order chi connectivity index (χ0) is 14.2. The minimum atomic E-state index is 0.398. The van der Waals surface area contributed by atoms with Crippen LogP contribution in [-0.4, -0.2) is 30.6 Å². The lowest BCUT2D eigenvalue weighted by Crippen LogP contribution is -1.94. The topological polar surface area (TPSA) is 109 Å². The number of rotatable bonds is 2. The van der Waals surface area contributed by atoms with Crippen LogP contribution in [0.15, 0.2) is 42.9 Å². The Morgan fingerprint density at radius 2 is 1.81 bits per heavy atom. The maximum Gasteiger partial charge on any atom is 0.146 e. The summed E-state index contributed by atoms with van der Waals surface area (Å²) in [6.07, 6.45) is 5.43. The largest absolute Gasteiger partial charge is 0.382 e. The van der Waals surface area contributed by atoms with Crippen LogP contribution in [0.25, 0.3) is 33.3 Å². The molecule has 0 saturated carbocycles. The highest BCUT2D eigenvalue weighted by Crippen LogP contribution is 2.33. The molecular weight excluding hydrogens is 266 g/mol. The molecule has 0 saturated heterocycles. The predicted octanol–water partition coefficient (Wildman–Crippen LogP) is 1.99. The Morgan fingerprint density at radius 1 is 0.905 bits per heavy atom. The van der Waals surface area contributed by atoms with Crippen LogP contribution in [0.2, 0.25) is 0 Å². The quantitative estimate of drug-likeness (QED) is 0.519. The van der Waals surface area contributed by atoms with Crippen LogP contribution < -0.4 is 5.73 Å². The number of fused-ring (bicyclic) bond motifs is 1. The van der Waals surface area contributed by atoms with E-state index in [1.807, 2.05) is 24.4 Å². The molecule has 0 radical (unpaired) electrons. The molecule has 0 atom stereocenters. The molecule has 7 nitrogen and oxygen atoms in total. The second-order valence-electron chi connectivity index (χ2n) is 4.65. The van der Waals surface area contributed by atoms with E-state index in [0.29, 0.717) is 5.82 Å². The van der Waals surface area contributed by atoms with Gasteiger partial charge in [-0.3, -0.25) is 10.2 Å². The Labute approximate surface area is 119 Å². The first kappa shape index (κ1) is 11.6. The summed E-state index contributed by atoms with van der Waals surface area (Å²) < 4.78 is 0. The van der Waals surface area contributed by atoms with Crippen LogP contribution in [0.4, 0.5) is 5.82 Å². The van der Waals surface area contributed by atoms with Gasteiger partial charge in [0.2, 0.25) is 0 Å². The van der Waals surface area contributed by atoms with E-state index in [1.54, 1.807) is 18.5 Å². The summed E-state index contributed by atoms with van der Waals surface area (Å²) in [5.74, 6) is 0.398. The van der Waals surface area contributed by atoms with Gasteiger partial charge in [-0.25, -0.2) is 0 Å². The molecule has 7 heteroatoms. The first-order valence-corrected chi connectivity index (χ1v) is 6.38. The van der Waals surface area contributed by atoms with Crippen molar-refractivity contribution in [3.63, 3.8) is 0 Å². The number of hydrogen-bond donors (Lipinski definition) is 3. The summed E-state index contributed by atoms with van der Waals surface area (Å²) in [7, 11) is 0. The molecule has 0 spiro atoms. The SMILES string of the molecule is Nc1ccc(-c2ccc(-c3cn[nH]c3)c3cn[nH]c23)nn1. The summed E-state index contributed by atoms with van der Waals surface area (Å²) in [5, 5.41) is 23.0. The standard InChI is InChI=1S/C14H11N7/c15-13-4-3-12(19-20-13)10-2-1-9(8-5-16-17-6-8)11-7-18-21-14(10)11/h1-7H,(H2,15,20)(H,16,17)(H,18,21). The predicted molar refractivity (Wildman–Crippen MR) is 79.1 cm³/mol. The first-order chi connectivity index (χ1) is 10.3. The van der Waals surface area contributed by atoms with Gasteiger partial charge in [-0.2, -0.15) is 10.2 Å². The summed E-state index contributed by atoms with van der Waals surface area (Å²) in [6.45, 7) is 0. The minimum Gasteiger partial charge on any atom is -0.382 e. The lowest BCUT2D eigenvalue weighted by Gasteiger charge is -2.05. The molecule has 4 N–H and O–H groups in total. The van der Waals surface area contributed by atoms with Crippen molar-refractivity contribution in [3.05, 3.63) is 42.9 Å². The molecule has 0 amide bonds. The van der Waals surface area contributed by atoms with Crippen molar-refractivity contribution >= 4 is 16.7 Å². The second kappa shape index (κ2) is 4.41. The van der Waals surface area contributed by atoms with Gasteiger partial charge in [0.15, 0.2) is 0 Å². The molecule has 102 valence electrons. The van der Waals surface area contributed by atoms with Gasteiger partial charge in [-0.1, -0.05) is 6.07 Å². The second-order valence-corrected chi connectivity index (χ2v) is 4.65. The molecule has 0 bridgehead atoms. The van der Waals surface area contributed by atoms with Crippen LogP contribution in [-0.2, 0) is 0 Å². The highest BCUT2D eigenvalue weighted by Gasteiger charge is 2.12. The van der Waals surface area contributed by atoms with E-state index >= 15 is 0 Å². The van der Waals surface area contributed by atoms with Crippen LogP contribution in [0.1, 0.15) is 0 Å². The van der Waals surface area contributed by atoms with E-state index in [-0.39, 0.29) is 0 Å². The first-order valence-electron chi connectivity index (χ1n) is 6.38. The zero-order valence-corrected chi connectivity index (χ0v) is 10.9. The summed E-state index contributed by atoms with van der Waals surface area (Å²) >= 11 is 0. The van der Waals surface area contributed by atoms with E-state index in [0.717, 1.165) is 33.3 Å². The fourth-order valence-electron chi connectivity index (χ4n) is 2.39. The summed E-state index contributed by atoms with van der Waals surface area (Å²) in [4.78, 5) is 0. The van der Waals surface area contributed by atoms with E-state index in [2.05, 4.69) is 30.6 Å². The third-order valence-corrected chi connectivity index (χ3v) is 3.39. The monoisotopic (exact) mass is 277 g/mol. The van der Waals surface area contributed by atoms with Crippen LogP contribution in [0.5, 0.6) is 0 Å². The summed E-state index contributed by atoms with van der Waals surface area (Å²) in [6, 6.07) is 7.59. The number of nitrogens with zero attached hydrogens (tertiary/aromatic N) is 4. The van der Waals surface area contributed by atoms with Crippen molar-refractivity contribution in [2.24, 2.45) is 0 Å². The van der Waals surface area contributed by atoms with E-state index in [4.69, 9.17) is 5.73 Å². The highest BCUT2D eigenvalue weighted by molar-refractivity contribution is 6.01. The number of aromatic nitrogens is 6. The molecule has 1 aromatic carbocycles. The molecule has 4 rings (SSSR count). The molecule has 3 aromatic heterocycles. The Kier molecular flexibility index (Phi) is 2.43. The van der Waals surface area contributed by atoms with Gasteiger partial charge in [0.1, 0.15) is 5.82 Å². The number of nitrogens with two attached hydrogens (primary N) is 1. The number of aromatic amines is 2. The fourth-order valence-corrected chi connectivity index (χ4v) is 2.39. The Balaban J connectivity index is 1.95. The van der Waals surface area contributed by atoms with E-state index in [9.17, 15) is 0 Å². The number of hydrogen-bond acceptors (Lipinski definition) is 5. The van der Waals surface area contributed by atoms with Gasteiger partial charge in [0, 0.05) is 22.7 Å². The van der Waals surface area contributed by atoms with Crippen molar-refractivity contribution in [2.75, 3.05) is 5.73 Å². The van der Waals surface area contributed by atoms with Crippen molar-refractivity contribution in [1.82, 2.24) is 30.6 Å². The van der Waals surface area contributed by atoms with Crippen molar-refractivity contribution < 1.29 is 0 Å². The third-order valence-electron chi connectivity index (χ3n) is 3.39. The maximum atomic E-state index is 5.58. The third kappa shape index (κ3) is 1.83. The normalized spacial score (nSPS) is 11.0. The number of nitrogens with one attached hydrogen (secondary N) is 2. The molecule has 0 unspecified atom stereocenters. The van der Waals surface area contributed by atoms with Gasteiger partial charge in [-0.15, -0.1) is 10.2 Å². The van der Waals surface area contributed by atoms with Gasteiger partial charge in [0.25, 0.3) is 0 Å². The average molecular weight is 277 g/mol. The van der Waals surface area contributed by atoms with Crippen molar-refractivity contribution in [3.8, 4) is 22.4 Å². The van der Waals surface area contributed by atoms with Gasteiger partial charge in [-0.05, 0) is 23.8 Å². The Bertz CT molecular complexity index is 891. The maximum absolute atomic E-state index is 5.58. The number of anilines is 1. The van der Waals surface area contributed by atoms with Crippen LogP contribution >= 0.6 is 0 Å². The molecule has 0 fully saturated rings. The van der Waals surface area contributed by atoms with Gasteiger partial charge in [0.05, 0.1) is 23.6 Å². The number of H-pyrrole nitrogens is 2. The van der Waals surface area contributed by atoms with Crippen LogP contribution in [0, 0.1) is 0 Å². The zero-order valence-electron chi connectivity index (χ0n) is 10.9. The number of nitrogen functional groups attached to an aromatic ring is 1. The Hall–Kier alpha value is -3.22. The minimum absolute atomic E-state index is 0.398. The lowest BCUT2D eigenvalue weighted by atomic mass is 10.0. The fraction of sp³-hybridized carbons (Fsp3) is 0. The molecule has 3 heterocycles. The molecule has 0 aliphatic carbocycles. The molecule has 0 aliphatic heterocycles. The Morgan fingerprint density at radius 3 is 2.57 bits per heavy atom. The van der Waals surface area contributed by atoms with Gasteiger partial charge >= 0.3 is 0 Å². The van der Waals surface area contributed by atoms with Crippen molar-refractivity contribution in [1.29, 1.82) is 0 Å². The van der Waals surface area contributed by atoms with E-state index in [1.165, 1.54) is 0 Å². The molecule has 4 aromatic rings. The average Bonchev–Trinajstić information content (AvgIpc) is 3.19. The molecule has 21 heavy (non-hydrogen) atoms. The summed E-state index contributed by atoms with van der Waals surface area (Å²) in [5.41, 5.74) is 10.2. The van der Waals surface area contributed by atoms with Crippen molar-refractivity contribution in [2.45, 2.75) is 0 Å².